The van der Waals surface area contributed by atoms with Crippen molar-refractivity contribution >= 4 is 34.3 Å². The second-order valence-electron chi connectivity index (χ2n) is 5.87. The number of carbonyl (C=O) groups is 1. The molecule has 2 N–H and O–H groups in total. The molecule has 1 aliphatic heterocycles. The van der Waals surface area contributed by atoms with E-state index in [2.05, 4.69) is 51.9 Å². The van der Waals surface area contributed by atoms with Gasteiger partial charge in [-0.1, -0.05) is 36.4 Å². The lowest BCUT2D eigenvalue weighted by molar-refractivity contribution is -0.115. The van der Waals surface area contributed by atoms with Gasteiger partial charge < -0.3 is 5.32 Å². The molecule has 0 aliphatic carbocycles. The summed E-state index contributed by atoms with van der Waals surface area (Å²) in [4.78, 5) is 12.2. The second-order valence-corrected chi connectivity index (χ2v) is 7.32. The number of nitrogens with one attached hydrogen (secondary N) is 2. The Morgan fingerprint density at radius 3 is 2.74 bits per heavy atom. The van der Waals surface area contributed by atoms with Gasteiger partial charge in [0.25, 0.3) is 0 Å². The zero-order chi connectivity index (χ0) is 16.0. The van der Waals surface area contributed by atoms with Gasteiger partial charge in [-0.15, -0.1) is 11.8 Å². The number of amides is 1. The van der Waals surface area contributed by atoms with Crippen LogP contribution >= 0.6 is 11.8 Å². The summed E-state index contributed by atoms with van der Waals surface area (Å²) in [5, 5.41) is 12.6. The van der Waals surface area contributed by atoms with E-state index in [1.807, 2.05) is 19.9 Å². The molecule has 2 atom stereocenters. The standard InChI is InChI=1S/C18H17N3OS/c1-10-15-16(23-11(2)18(22)19-17(15)21-20-10)14-8-7-12-5-3-4-6-13(12)9-14/h3-9,11,16H,1-2H3,(H2,19,20,21,22)/t11-,16-/m1/s1. The lowest BCUT2D eigenvalue weighted by atomic mass is 10.0. The number of fused-ring (bicyclic) bond motifs is 2. The second kappa shape index (κ2) is 5.42. The van der Waals surface area contributed by atoms with Crippen LogP contribution in [0.1, 0.15) is 29.0 Å². The maximum absolute atomic E-state index is 12.2. The first-order valence-electron chi connectivity index (χ1n) is 7.63. The molecule has 0 spiro atoms. The van der Waals surface area contributed by atoms with Crippen LogP contribution < -0.4 is 5.32 Å². The Kier molecular flexibility index (Phi) is 3.38. The molecule has 1 amide bonds. The molecule has 0 radical (unpaired) electrons. The quantitative estimate of drug-likeness (QED) is 0.711. The molecule has 2 aromatic carbocycles. The van der Waals surface area contributed by atoms with Gasteiger partial charge in [-0.05, 0) is 36.2 Å². The third-order valence-corrected chi connectivity index (χ3v) is 5.69. The van der Waals surface area contributed by atoms with Gasteiger partial charge in [0.1, 0.15) is 0 Å². The number of benzene rings is 2. The van der Waals surface area contributed by atoms with Crippen LogP contribution in [0, 0.1) is 6.92 Å². The highest BCUT2D eigenvalue weighted by molar-refractivity contribution is 8.01. The van der Waals surface area contributed by atoms with Gasteiger partial charge in [0, 0.05) is 11.3 Å². The number of hydrogen-bond acceptors (Lipinski definition) is 3. The van der Waals surface area contributed by atoms with Crippen molar-refractivity contribution in [2.75, 3.05) is 5.32 Å². The number of aromatic nitrogens is 2. The normalized spacial score (nSPS) is 20.9. The summed E-state index contributed by atoms with van der Waals surface area (Å²) in [7, 11) is 0. The van der Waals surface area contributed by atoms with Crippen LogP contribution in [0.5, 0.6) is 0 Å². The van der Waals surface area contributed by atoms with Gasteiger partial charge in [0.05, 0.1) is 10.5 Å². The molecule has 2 heterocycles. The predicted molar refractivity (Wildman–Crippen MR) is 94.8 cm³/mol. The highest BCUT2D eigenvalue weighted by atomic mass is 32.2. The van der Waals surface area contributed by atoms with Gasteiger partial charge in [-0.25, -0.2) is 0 Å². The van der Waals surface area contributed by atoms with E-state index in [1.54, 1.807) is 11.8 Å². The van der Waals surface area contributed by atoms with Crippen molar-refractivity contribution in [1.29, 1.82) is 0 Å². The summed E-state index contributed by atoms with van der Waals surface area (Å²) in [6.45, 7) is 3.95. The van der Waals surface area contributed by atoms with E-state index < -0.39 is 0 Å². The predicted octanol–water partition coefficient (Wildman–Crippen LogP) is 4.03. The summed E-state index contributed by atoms with van der Waals surface area (Å²) in [5.41, 5.74) is 3.27. The molecular weight excluding hydrogens is 306 g/mol. The number of carbonyl (C=O) groups excluding carboxylic acids is 1. The van der Waals surface area contributed by atoms with Crippen LogP contribution in [0.3, 0.4) is 0 Å². The molecule has 23 heavy (non-hydrogen) atoms. The summed E-state index contributed by atoms with van der Waals surface area (Å²) in [6.07, 6.45) is 0. The van der Waals surface area contributed by atoms with Crippen LogP contribution in [0.25, 0.3) is 10.8 Å². The smallest absolute Gasteiger partial charge is 0.238 e. The molecule has 0 saturated heterocycles. The number of rotatable bonds is 1. The average molecular weight is 323 g/mol. The highest BCUT2D eigenvalue weighted by Crippen LogP contribution is 2.45. The molecule has 5 heteroatoms. The fourth-order valence-electron chi connectivity index (χ4n) is 3.02. The van der Waals surface area contributed by atoms with Crippen molar-refractivity contribution in [1.82, 2.24) is 10.2 Å². The lowest BCUT2D eigenvalue weighted by Gasteiger charge is -2.18. The van der Waals surface area contributed by atoms with E-state index in [0.29, 0.717) is 5.82 Å². The van der Waals surface area contributed by atoms with E-state index in [-0.39, 0.29) is 16.4 Å². The van der Waals surface area contributed by atoms with Gasteiger partial charge in [-0.3, -0.25) is 9.89 Å². The van der Waals surface area contributed by atoms with Crippen molar-refractivity contribution in [3.05, 3.63) is 59.3 Å². The molecule has 0 unspecified atom stereocenters. The largest absolute Gasteiger partial charge is 0.308 e. The van der Waals surface area contributed by atoms with Crippen molar-refractivity contribution in [2.24, 2.45) is 0 Å². The van der Waals surface area contributed by atoms with Gasteiger partial charge >= 0.3 is 0 Å². The fraction of sp³-hybridized carbons (Fsp3) is 0.222. The Bertz CT molecular complexity index is 902. The number of thioether (sulfide) groups is 1. The minimum Gasteiger partial charge on any atom is -0.308 e. The highest BCUT2D eigenvalue weighted by Gasteiger charge is 2.32. The molecule has 0 bridgehead atoms. The zero-order valence-electron chi connectivity index (χ0n) is 13.0. The van der Waals surface area contributed by atoms with E-state index in [1.165, 1.54) is 16.3 Å². The van der Waals surface area contributed by atoms with Gasteiger partial charge in [0.2, 0.25) is 5.91 Å². The number of aromatic amines is 1. The monoisotopic (exact) mass is 323 g/mol. The van der Waals surface area contributed by atoms with E-state index >= 15 is 0 Å². The molecule has 4 nitrogen and oxygen atoms in total. The minimum absolute atomic E-state index is 0.00559. The van der Waals surface area contributed by atoms with Crippen LogP contribution in [0.4, 0.5) is 5.82 Å². The molecule has 116 valence electrons. The first kappa shape index (κ1) is 14.3. The zero-order valence-corrected chi connectivity index (χ0v) is 13.8. The first-order chi connectivity index (χ1) is 11.1. The Morgan fingerprint density at radius 2 is 1.91 bits per heavy atom. The van der Waals surface area contributed by atoms with Crippen LogP contribution in [-0.2, 0) is 4.79 Å². The summed E-state index contributed by atoms with van der Waals surface area (Å²) < 4.78 is 0. The summed E-state index contributed by atoms with van der Waals surface area (Å²) >= 11 is 1.67. The first-order valence-corrected chi connectivity index (χ1v) is 8.57. The maximum Gasteiger partial charge on any atom is 0.238 e. The third-order valence-electron chi connectivity index (χ3n) is 4.28. The number of nitrogens with zero attached hydrogens (tertiary/aromatic N) is 1. The van der Waals surface area contributed by atoms with Crippen LogP contribution in [-0.4, -0.2) is 21.4 Å². The van der Waals surface area contributed by atoms with Crippen molar-refractivity contribution in [3.8, 4) is 0 Å². The van der Waals surface area contributed by atoms with Crippen LogP contribution in [0.15, 0.2) is 42.5 Å². The Hall–Kier alpha value is -2.27. The molecule has 1 aliphatic rings. The number of H-pyrrole nitrogens is 1. The molecular formula is C18H17N3OS. The maximum atomic E-state index is 12.2. The Labute approximate surface area is 138 Å². The molecule has 4 rings (SSSR count). The molecule has 1 aromatic heterocycles. The van der Waals surface area contributed by atoms with Crippen LogP contribution in [0.2, 0.25) is 0 Å². The van der Waals surface area contributed by atoms with Crippen molar-refractivity contribution in [2.45, 2.75) is 24.3 Å². The Morgan fingerprint density at radius 1 is 1.13 bits per heavy atom. The summed E-state index contributed by atoms with van der Waals surface area (Å²) in [6, 6.07) is 14.8. The molecule has 0 saturated carbocycles. The number of anilines is 1. The van der Waals surface area contributed by atoms with Gasteiger partial charge in [-0.2, -0.15) is 5.10 Å². The third kappa shape index (κ3) is 2.41. The van der Waals surface area contributed by atoms with E-state index in [0.717, 1.165) is 11.3 Å². The number of aryl methyl sites for hydroxylation is 1. The van der Waals surface area contributed by atoms with Crippen molar-refractivity contribution in [3.63, 3.8) is 0 Å². The lowest BCUT2D eigenvalue weighted by Crippen LogP contribution is -2.21. The minimum atomic E-state index is -0.125. The molecule has 0 fully saturated rings. The number of hydrogen-bond donors (Lipinski definition) is 2. The Balaban J connectivity index is 1.87. The topological polar surface area (TPSA) is 57.8 Å². The average Bonchev–Trinajstić information content (AvgIpc) is 2.86. The molecule has 3 aromatic rings. The SMILES string of the molecule is Cc1[nH]nc2c1[C@@H](c1ccc3ccccc3c1)S[C@H](C)C(=O)N2. The van der Waals surface area contributed by atoms with E-state index in [9.17, 15) is 4.79 Å². The van der Waals surface area contributed by atoms with E-state index in [4.69, 9.17) is 0 Å². The van der Waals surface area contributed by atoms with Crippen molar-refractivity contribution < 1.29 is 4.79 Å². The van der Waals surface area contributed by atoms with Gasteiger partial charge in [0.15, 0.2) is 5.82 Å². The fourth-order valence-corrected chi connectivity index (χ4v) is 4.34. The summed E-state index contributed by atoms with van der Waals surface area (Å²) in [5.74, 6) is 0.661.